The molecule has 1 aromatic heterocycles. The van der Waals surface area contributed by atoms with Crippen molar-refractivity contribution in [1.82, 2.24) is 15.5 Å². The van der Waals surface area contributed by atoms with E-state index in [2.05, 4.69) is 46.6 Å². The lowest BCUT2D eigenvalue weighted by atomic mass is 9.96. The van der Waals surface area contributed by atoms with Gasteiger partial charge in [-0.15, -0.1) is 0 Å². The number of rotatable bonds is 4. The van der Waals surface area contributed by atoms with Gasteiger partial charge in [-0.3, -0.25) is 0 Å². The smallest absolute Gasteiger partial charge is 0.227 e. The largest absolute Gasteiger partial charge is 0.339 e. The third-order valence-corrected chi connectivity index (χ3v) is 3.95. The zero-order chi connectivity index (χ0) is 13.8. The fourth-order valence-corrected chi connectivity index (χ4v) is 2.69. The molecule has 4 nitrogen and oxygen atoms in total. The Kier molecular flexibility index (Phi) is 4.11. The normalized spacial score (nSPS) is 19.1. The van der Waals surface area contributed by atoms with Crippen molar-refractivity contribution in [3.63, 3.8) is 0 Å². The molecule has 2 heterocycles. The maximum absolute atomic E-state index is 5.39. The number of nitrogens with one attached hydrogen (secondary N) is 1. The van der Waals surface area contributed by atoms with Gasteiger partial charge in [-0.2, -0.15) is 4.98 Å². The van der Waals surface area contributed by atoms with Gasteiger partial charge < -0.3 is 9.84 Å². The lowest BCUT2D eigenvalue weighted by Crippen LogP contribution is -2.30. The monoisotopic (exact) mass is 271 g/mol. The number of aromatic nitrogens is 2. The lowest BCUT2D eigenvalue weighted by Gasteiger charge is -2.20. The van der Waals surface area contributed by atoms with E-state index in [1.807, 2.05) is 0 Å². The molecular formula is C16H21N3O. The number of nitrogens with zero attached hydrogens (tertiary/aromatic N) is 2. The molecule has 1 aromatic carbocycles. The van der Waals surface area contributed by atoms with Gasteiger partial charge in [0.05, 0.1) is 0 Å². The maximum Gasteiger partial charge on any atom is 0.227 e. The zero-order valence-electron chi connectivity index (χ0n) is 11.9. The SMILES string of the molecule is CCc1ccc(-c2noc(CC3CCCNC3)n2)cc1. The first-order valence-corrected chi connectivity index (χ1v) is 7.47. The average molecular weight is 271 g/mol. The molecule has 1 N–H and O–H groups in total. The minimum atomic E-state index is 0.625. The fourth-order valence-electron chi connectivity index (χ4n) is 2.69. The highest BCUT2D eigenvalue weighted by atomic mass is 16.5. The Hall–Kier alpha value is -1.68. The minimum Gasteiger partial charge on any atom is -0.339 e. The average Bonchev–Trinajstić information content (AvgIpc) is 2.97. The third kappa shape index (κ3) is 3.07. The molecule has 0 bridgehead atoms. The van der Waals surface area contributed by atoms with Crippen LogP contribution >= 0.6 is 0 Å². The summed E-state index contributed by atoms with van der Waals surface area (Å²) in [6.45, 7) is 4.35. The second kappa shape index (κ2) is 6.18. The molecule has 20 heavy (non-hydrogen) atoms. The molecule has 0 spiro atoms. The van der Waals surface area contributed by atoms with Gasteiger partial charge in [-0.05, 0) is 43.8 Å². The van der Waals surface area contributed by atoms with Crippen LogP contribution in [0.3, 0.4) is 0 Å². The molecule has 1 unspecified atom stereocenters. The molecule has 3 rings (SSSR count). The molecule has 1 aliphatic heterocycles. The predicted octanol–water partition coefficient (Wildman–Crippen LogP) is 2.84. The van der Waals surface area contributed by atoms with E-state index in [1.165, 1.54) is 18.4 Å². The van der Waals surface area contributed by atoms with E-state index in [-0.39, 0.29) is 0 Å². The highest BCUT2D eigenvalue weighted by Crippen LogP contribution is 2.20. The first-order chi connectivity index (χ1) is 9.85. The number of aryl methyl sites for hydroxylation is 1. The van der Waals surface area contributed by atoms with Crippen molar-refractivity contribution in [3.8, 4) is 11.4 Å². The summed E-state index contributed by atoms with van der Waals surface area (Å²) in [7, 11) is 0. The van der Waals surface area contributed by atoms with E-state index in [0.717, 1.165) is 37.4 Å². The Morgan fingerprint density at radius 3 is 2.85 bits per heavy atom. The van der Waals surface area contributed by atoms with E-state index in [0.29, 0.717) is 11.7 Å². The Morgan fingerprint density at radius 1 is 1.30 bits per heavy atom. The molecule has 0 aliphatic carbocycles. The zero-order valence-corrected chi connectivity index (χ0v) is 11.9. The molecular weight excluding hydrogens is 250 g/mol. The van der Waals surface area contributed by atoms with Gasteiger partial charge in [-0.1, -0.05) is 36.3 Å². The topological polar surface area (TPSA) is 51.0 Å². The molecule has 4 heteroatoms. The van der Waals surface area contributed by atoms with Gasteiger partial charge in [-0.25, -0.2) is 0 Å². The van der Waals surface area contributed by atoms with Gasteiger partial charge in [0.15, 0.2) is 0 Å². The predicted molar refractivity (Wildman–Crippen MR) is 78.4 cm³/mol. The van der Waals surface area contributed by atoms with E-state index >= 15 is 0 Å². The van der Waals surface area contributed by atoms with Crippen LogP contribution in [0, 0.1) is 5.92 Å². The number of piperidine rings is 1. The summed E-state index contributed by atoms with van der Waals surface area (Å²) < 4.78 is 5.39. The molecule has 0 radical (unpaired) electrons. The Morgan fingerprint density at radius 2 is 2.15 bits per heavy atom. The first-order valence-electron chi connectivity index (χ1n) is 7.47. The summed E-state index contributed by atoms with van der Waals surface area (Å²) >= 11 is 0. The van der Waals surface area contributed by atoms with Gasteiger partial charge in [0, 0.05) is 12.0 Å². The van der Waals surface area contributed by atoms with Gasteiger partial charge >= 0.3 is 0 Å². The molecule has 1 fully saturated rings. The van der Waals surface area contributed by atoms with Crippen LogP contribution in [-0.2, 0) is 12.8 Å². The minimum absolute atomic E-state index is 0.625. The highest BCUT2D eigenvalue weighted by Gasteiger charge is 2.17. The maximum atomic E-state index is 5.39. The van der Waals surface area contributed by atoms with E-state index in [1.54, 1.807) is 0 Å². The van der Waals surface area contributed by atoms with Crippen LogP contribution in [0.4, 0.5) is 0 Å². The van der Waals surface area contributed by atoms with Crippen molar-refractivity contribution < 1.29 is 4.52 Å². The molecule has 106 valence electrons. The van der Waals surface area contributed by atoms with Gasteiger partial charge in [0.1, 0.15) is 0 Å². The van der Waals surface area contributed by atoms with Crippen molar-refractivity contribution in [2.24, 2.45) is 5.92 Å². The first kappa shape index (κ1) is 13.3. The summed E-state index contributed by atoms with van der Waals surface area (Å²) in [5.74, 6) is 2.08. The highest BCUT2D eigenvalue weighted by molar-refractivity contribution is 5.54. The van der Waals surface area contributed by atoms with Crippen molar-refractivity contribution in [1.29, 1.82) is 0 Å². The molecule has 1 aliphatic rings. The second-order valence-corrected chi connectivity index (χ2v) is 5.48. The second-order valence-electron chi connectivity index (χ2n) is 5.48. The van der Waals surface area contributed by atoms with E-state index < -0.39 is 0 Å². The molecule has 2 aromatic rings. The summed E-state index contributed by atoms with van der Waals surface area (Å²) in [6.07, 6.45) is 4.42. The van der Waals surface area contributed by atoms with Crippen molar-refractivity contribution in [3.05, 3.63) is 35.7 Å². The van der Waals surface area contributed by atoms with Crippen LogP contribution in [0.5, 0.6) is 0 Å². The quantitative estimate of drug-likeness (QED) is 0.929. The van der Waals surface area contributed by atoms with Crippen LogP contribution in [0.2, 0.25) is 0 Å². The van der Waals surface area contributed by atoms with E-state index in [4.69, 9.17) is 4.52 Å². The third-order valence-electron chi connectivity index (χ3n) is 3.95. The van der Waals surface area contributed by atoms with Gasteiger partial charge in [0.25, 0.3) is 0 Å². The van der Waals surface area contributed by atoms with Crippen LogP contribution in [0.25, 0.3) is 11.4 Å². The lowest BCUT2D eigenvalue weighted by molar-refractivity contribution is 0.316. The van der Waals surface area contributed by atoms with Crippen LogP contribution in [0.1, 0.15) is 31.2 Å². The number of benzene rings is 1. The Balaban J connectivity index is 1.68. The fraction of sp³-hybridized carbons (Fsp3) is 0.500. The molecule has 1 saturated heterocycles. The van der Waals surface area contributed by atoms with E-state index in [9.17, 15) is 0 Å². The standard InChI is InChI=1S/C16H21N3O/c1-2-12-5-7-14(8-6-12)16-18-15(20-19-16)10-13-4-3-9-17-11-13/h5-8,13,17H,2-4,9-11H2,1H3. The van der Waals surface area contributed by atoms with Crippen molar-refractivity contribution in [2.75, 3.05) is 13.1 Å². The Bertz CT molecular complexity index is 541. The van der Waals surface area contributed by atoms with Crippen molar-refractivity contribution >= 4 is 0 Å². The molecule has 0 saturated carbocycles. The summed E-state index contributed by atoms with van der Waals surface area (Å²) in [5, 5.41) is 7.52. The molecule has 1 atom stereocenters. The van der Waals surface area contributed by atoms with Crippen LogP contribution < -0.4 is 5.32 Å². The summed E-state index contributed by atoms with van der Waals surface area (Å²) in [4.78, 5) is 4.52. The van der Waals surface area contributed by atoms with Gasteiger partial charge in [0.2, 0.25) is 11.7 Å². The van der Waals surface area contributed by atoms with Crippen LogP contribution in [-0.4, -0.2) is 23.2 Å². The summed E-state index contributed by atoms with van der Waals surface area (Å²) in [6, 6.07) is 8.37. The van der Waals surface area contributed by atoms with Crippen LogP contribution in [0.15, 0.2) is 28.8 Å². The van der Waals surface area contributed by atoms with Crippen molar-refractivity contribution in [2.45, 2.75) is 32.6 Å². The summed E-state index contributed by atoms with van der Waals surface area (Å²) in [5.41, 5.74) is 2.35. The number of hydrogen-bond acceptors (Lipinski definition) is 4. The number of hydrogen-bond donors (Lipinski definition) is 1. The Labute approximate surface area is 119 Å². The molecule has 0 amide bonds.